The fourth-order valence-corrected chi connectivity index (χ4v) is 3.68. The van der Waals surface area contributed by atoms with E-state index in [1.165, 1.54) is 30.5 Å². The van der Waals surface area contributed by atoms with Gasteiger partial charge in [0.25, 0.3) is 0 Å². The van der Waals surface area contributed by atoms with E-state index in [1.807, 2.05) is 0 Å². The van der Waals surface area contributed by atoms with Gasteiger partial charge in [-0.2, -0.15) is 0 Å². The van der Waals surface area contributed by atoms with Crippen molar-refractivity contribution in [3.05, 3.63) is 28.3 Å². The summed E-state index contributed by atoms with van der Waals surface area (Å²) < 4.78 is 0. The second kappa shape index (κ2) is 5.95. The quantitative estimate of drug-likeness (QED) is 0.873. The first-order valence-electron chi connectivity index (χ1n) is 7.70. The van der Waals surface area contributed by atoms with Gasteiger partial charge >= 0.3 is 0 Å². The lowest BCUT2D eigenvalue weighted by atomic mass is 9.79. The fourth-order valence-electron chi connectivity index (χ4n) is 3.45. The zero-order valence-electron chi connectivity index (χ0n) is 13.2. The van der Waals surface area contributed by atoms with Gasteiger partial charge in [-0.05, 0) is 49.8 Å². The summed E-state index contributed by atoms with van der Waals surface area (Å²) >= 11 is 6.39. The molecule has 0 radical (unpaired) electrons. The van der Waals surface area contributed by atoms with E-state index >= 15 is 0 Å². The number of nitrogens with zero attached hydrogens (tertiary/aromatic N) is 1. The molecule has 1 aromatic rings. The van der Waals surface area contributed by atoms with Crippen LogP contribution in [0.15, 0.2) is 12.1 Å². The van der Waals surface area contributed by atoms with E-state index in [0.29, 0.717) is 12.5 Å². The molecular weight excluding hydrogens is 268 g/mol. The Hall–Kier alpha value is -0.730. The average Bonchev–Trinajstić information content (AvgIpc) is 2.37. The first-order valence-corrected chi connectivity index (χ1v) is 8.08. The molecule has 3 heteroatoms. The third kappa shape index (κ3) is 2.82. The van der Waals surface area contributed by atoms with Gasteiger partial charge in [-0.3, -0.25) is 0 Å². The molecule has 2 N–H and O–H groups in total. The first-order chi connectivity index (χ1) is 9.40. The molecule has 0 aliphatic carbocycles. The van der Waals surface area contributed by atoms with Crippen LogP contribution < -0.4 is 10.6 Å². The summed E-state index contributed by atoms with van der Waals surface area (Å²) in [5.74, 6) is 0.556. The highest BCUT2D eigenvalue weighted by Gasteiger charge is 2.36. The Morgan fingerprint density at radius 3 is 2.70 bits per heavy atom. The first kappa shape index (κ1) is 15.7. The Bertz CT molecular complexity index is 482. The number of rotatable bonds is 4. The molecule has 20 heavy (non-hydrogen) atoms. The van der Waals surface area contributed by atoms with E-state index in [2.05, 4.69) is 44.7 Å². The zero-order valence-corrected chi connectivity index (χ0v) is 13.9. The molecule has 1 aliphatic rings. The lowest BCUT2D eigenvalue weighted by Gasteiger charge is -2.48. The van der Waals surface area contributed by atoms with Crippen molar-refractivity contribution in [3.63, 3.8) is 0 Å². The predicted octanol–water partition coefficient (Wildman–Crippen LogP) is 4.69. The Morgan fingerprint density at radius 2 is 2.10 bits per heavy atom. The van der Waals surface area contributed by atoms with Crippen molar-refractivity contribution in [1.29, 1.82) is 0 Å². The summed E-state index contributed by atoms with van der Waals surface area (Å²) in [7, 11) is 0. The molecule has 0 amide bonds. The van der Waals surface area contributed by atoms with Crippen LogP contribution in [-0.2, 0) is 6.54 Å². The van der Waals surface area contributed by atoms with Crippen molar-refractivity contribution in [2.75, 3.05) is 11.4 Å². The molecule has 0 saturated heterocycles. The summed E-state index contributed by atoms with van der Waals surface area (Å²) in [6.45, 7) is 10.8. The Balaban J connectivity index is 2.49. The third-order valence-electron chi connectivity index (χ3n) is 4.51. The van der Waals surface area contributed by atoms with Crippen molar-refractivity contribution in [2.45, 2.75) is 65.0 Å². The predicted molar refractivity (Wildman–Crippen MR) is 88.7 cm³/mol. The molecule has 0 aromatic heterocycles. The van der Waals surface area contributed by atoms with Crippen LogP contribution in [0, 0.1) is 0 Å². The van der Waals surface area contributed by atoms with E-state index < -0.39 is 0 Å². The molecule has 0 spiro atoms. The number of unbranched alkanes of at least 4 members (excludes halogenated alkanes) is 1. The maximum Gasteiger partial charge on any atom is 0.0471 e. The number of halogens is 1. The van der Waals surface area contributed by atoms with E-state index in [9.17, 15) is 0 Å². The topological polar surface area (TPSA) is 29.3 Å². The number of hydrogen-bond donors (Lipinski definition) is 1. The van der Waals surface area contributed by atoms with E-state index in [0.717, 1.165) is 17.1 Å². The summed E-state index contributed by atoms with van der Waals surface area (Å²) in [6.07, 6.45) is 3.61. The molecule has 1 heterocycles. The lowest BCUT2D eigenvalue weighted by molar-refractivity contribution is 0.373. The van der Waals surface area contributed by atoms with E-state index in [1.54, 1.807) is 0 Å². The molecule has 1 atom stereocenters. The smallest absolute Gasteiger partial charge is 0.0471 e. The van der Waals surface area contributed by atoms with Gasteiger partial charge in [0.05, 0.1) is 0 Å². The van der Waals surface area contributed by atoms with Crippen LogP contribution >= 0.6 is 11.6 Å². The summed E-state index contributed by atoms with van der Waals surface area (Å²) in [4.78, 5) is 2.54. The highest BCUT2D eigenvalue weighted by molar-refractivity contribution is 6.31. The van der Waals surface area contributed by atoms with Gasteiger partial charge < -0.3 is 10.6 Å². The zero-order chi connectivity index (χ0) is 14.9. The highest BCUT2D eigenvalue weighted by Crippen LogP contribution is 2.45. The van der Waals surface area contributed by atoms with Crippen LogP contribution in [0.2, 0.25) is 5.02 Å². The number of benzene rings is 1. The van der Waals surface area contributed by atoms with Crippen LogP contribution in [-0.4, -0.2) is 12.1 Å². The lowest BCUT2D eigenvalue weighted by Crippen LogP contribution is -2.48. The molecule has 0 fully saturated rings. The minimum atomic E-state index is 0.190. The third-order valence-corrected chi connectivity index (χ3v) is 4.86. The van der Waals surface area contributed by atoms with Gasteiger partial charge in [0.15, 0.2) is 0 Å². The van der Waals surface area contributed by atoms with Gasteiger partial charge in [-0.25, -0.2) is 0 Å². The van der Waals surface area contributed by atoms with Gasteiger partial charge in [-0.15, -0.1) is 0 Å². The van der Waals surface area contributed by atoms with Gasteiger partial charge in [0.1, 0.15) is 0 Å². The van der Waals surface area contributed by atoms with Crippen molar-refractivity contribution in [1.82, 2.24) is 0 Å². The van der Waals surface area contributed by atoms with E-state index in [4.69, 9.17) is 17.3 Å². The second-order valence-electron chi connectivity index (χ2n) is 6.63. The van der Waals surface area contributed by atoms with Crippen molar-refractivity contribution < 1.29 is 0 Å². The fraction of sp³-hybridized carbons (Fsp3) is 0.647. The summed E-state index contributed by atoms with van der Waals surface area (Å²) in [5, 5.41) is 0.803. The number of fused-ring (bicyclic) bond motifs is 1. The second-order valence-corrected chi connectivity index (χ2v) is 7.04. The van der Waals surface area contributed by atoms with Crippen molar-refractivity contribution >= 4 is 17.3 Å². The molecule has 1 aliphatic heterocycles. The Kier molecular flexibility index (Phi) is 4.66. The SMILES string of the molecule is CCCCN1c2cc(Cl)c(CN)cc2C(C)CC1(C)C. The molecule has 2 nitrogen and oxygen atoms in total. The van der Waals surface area contributed by atoms with E-state index in [-0.39, 0.29) is 5.54 Å². The number of nitrogens with two attached hydrogens (primary N) is 1. The molecule has 1 unspecified atom stereocenters. The molecular formula is C17H27ClN2. The van der Waals surface area contributed by atoms with Crippen LogP contribution in [0.25, 0.3) is 0 Å². The van der Waals surface area contributed by atoms with Crippen LogP contribution in [0.4, 0.5) is 5.69 Å². The highest BCUT2D eigenvalue weighted by atomic mass is 35.5. The molecule has 2 rings (SSSR count). The monoisotopic (exact) mass is 294 g/mol. The number of hydrogen-bond acceptors (Lipinski definition) is 2. The molecule has 112 valence electrons. The van der Waals surface area contributed by atoms with Crippen LogP contribution in [0.3, 0.4) is 0 Å². The average molecular weight is 295 g/mol. The largest absolute Gasteiger partial charge is 0.366 e. The maximum atomic E-state index is 6.39. The van der Waals surface area contributed by atoms with Gasteiger partial charge in [0, 0.05) is 29.3 Å². The van der Waals surface area contributed by atoms with Crippen LogP contribution in [0.1, 0.15) is 64.0 Å². The minimum Gasteiger partial charge on any atom is -0.366 e. The number of anilines is 1. The molecule has 0 saturated carbocycles. The van der Waals surface area contributed by atoms with Crippen molar-refractivity contribution in [2.24, 2.45) is 5.73 Å². The Morgan fingerprint density at radius 1 is 1.40 bits per heavy atom. The summed E-state index contributed by atoms with van der Waals surface area (Å²) in [5.41, 5.74) is 9.77. The maximum absolute atomic E-state index is 6.39. The van der Waals surface area contributed by atoms with Crippen molar-refractivity contribution in [3.8, 4) is 0 Å². The van der Waals surface area contributed by atoms with Crippen LogP contribution in [0.5, 0.6) is 0 Å². The molecule has 1 aromatic carbocycles. The Labute approximate surface area is 128 Å². The summed E-state index contributed by atoms with van der Waals surface area (Å²) in [6, 6.07) is 4.35. The van der Waals surface area contributed by atoms with Gasteiger partial charge in [0.2, 0.25) is 0 Å². The normalized spacial score (nSPS) is 20.9. The molecule has 0 bridgehead atoms. The minimum absolute atomic E-state index is 0.190. The standard InChI is InChI=1S/C17H27ClN2/c1-5-6-7-20-16-9-15(18)13(11-19)8-14(16)12(2)10-17(20,3)4/h8-9,12H,5-7,10-11,19H2,1-4H3. The van der Waals surface area contributed by atoms with Gasteiger partial charge in [-0.1, -0.05) is 37.9 Å².